The predicted molar refractivity (Wildman–Crippen MR) is 167 cm³/mol. The smallest absolute Gasteiger partial charge is 0.345 e. The first kappa shape index (κ1) is 32.9. The van der Waals surface area contributed by atoms with Crippen molar-refractivity contribution in [2.24, 2.45) is 22.3 Å². The lowest BCUT2D eigenvalue weighted by molar-refractivity contribution is -0.0676. The minimum absolute atomic E-state index is 0.0319. The number of carbonyl (C=O) groups excluding carboxylic acids is 4. The van der Waals surface area contributed by atoms with Gasteiger partial charge in [0, 0.05) is 13.1 Å². The predicted octanol–water partition coefficient (Wildman–Crippen LogP) is 2.94. The molecule has 3 unspecified atom stereocenters. The van der Waals surface area contributed by atoms with Crippen LogP contribution in [0.3, 0.4) is 0 Å². The van der Waals surface area contributed by atoms with E-state index in [9.17, 15) is 19.2 Å². The highest BCUT2D eigenvalue weighted by Crippen LogP contribution is 2.46. The molecule has 4 heterocycles. The zero-order valence-corrected chi connectivity index (χ0v) is 26.0. The molecule has 2 aromatic heterocycles. The Balaban J connectivity index is 1.28. The molecular formula is C28H32N8O8S2. The second-order valence-electron chi connectivity index (χ2n) is 9.74. The number of hydrazone groups is 1. The van der Waals surface area contributed by atoms with Crippen molar-refractivity contribution in [3.63, 3.8) is 0 Å². The summed E-state index contributed by atoms with van der Waals surface area (Å²) >= 11 is 2.14. The lowest BCUT2D eigenvalue weighted by Crippen LogP contribution is -2.49. The largest absolute Gasteiger partial charge is 0.466 e. The van der Waals surface area contributed by atoms with Gasteiger partial charge < -0.3 is 40.8 Å². The monoisotopic (exact) mass is 672 g/mol. The number of urea groups is 2. The van der Waals surface area contributed by atoms with E-state index >= 15 is 0 Å². The van der Waals surface area contributed by atoms with Crippen LogP contribution < -0.4 is 22.5 Å². The van der Waals surface area contributed by atoms with Gasteiger partial charge in [0.25, 0.3) is 5.23 Å². The van der Waals surface area contributed by atoms with Crippen LogP contribution in [0.15, 0.2) is 75.0 Å². The normalized spacial score (nSPS) is 19.6. The highest BCUT2D eigenvalue weighted by atomic mass is 32.2. The van der Waals surface area contributed by atoms with Crippen molar-refractivity contribution in [3.05, 3.63) is 83.7 Å². The van der Waals surface area contributed by atoms with Crippen molar-refractivity contribution in [2.75, 3.05) is 26.2 Å². The minimum atomic E-state index is -0.956. The molecular weight excluding hydrogens is 640 g/mol. The summed E-state index contributed by atoms with van der Waals surface area (Å²) in [7, 11) is 0. The number of amides is 4. The second-order valence-corrected chi connectivity index (χ2v) is 11.9. The fourth-order valence-electron chi connectivity index (χ4n) is 4.46. The fourth-order valence-corrected chi connectivity index (χ4v) is 6.72. The van der Waals surface area contributed by atoms with E-state index in [0.29, 0.717) is 44.0 Å². The molecule has 3 aromatic rings. The van der Waals surface area contributed by atoms with Crippen LogP contribution in [0, 0.1) is 0 Å². The van der Waals surface area contributed by atoms with Crippen molar-refractivity contribution in [1.82, 2.24) is 20.3 Å². The van der Waals surface area contributed by atoms with Gasteiger partial charge in [-0.2, -0.15) is 10.0 Å². The van der Waals surface area contributed by atoms with Gasteiger partial charge in [-0.25, -0.2) is 24.2 Å². The number of hydrogen-bond acceptors (Lipinski definition) is 14. The van der Waals surface area contributed by atoms with E-state index in [4.69, 9.17) is 35.5 Å². The SMILES string of the molecule is NCCCNC(=O)N1N=C(OC(=O)c2cccc(C(=O)OC3SC(c4ccco4)N(C(N)=O)N3CCCN)c2)SC1c1ccco1. The first-order chi connectivity index (χ1) is 22.3. The maximum absolute atomic E-state index is 13.3. The summed E-state index contributed by atoms with van der Waals surface area (Å²) in [6.07, 6.45) is 3.98. The first-order valence-corrected chi connectivity index (χ1v) is 16.0. The molecule has 16 nitrogen and oxygen atoms in total. The Morgan fingerprint density at radius 3 is 2.22 bits per heavy atom. The molecule has 0 aliphatic carbocycles. The summed E-state index contributed by atoms with van der Waals surface area (Å²) in [5.74, 6) is -0.714. The van der Waals surface area contributed by atoms with Gasteiger partial charge in [-0.15, -0.1) is 5.10 Å². The van der Waals surface area contributed by atoms with Crippen LogP contribution in [0.25, 0.3) is 0 Å². The molecule has 0 radical (unpaired) electrons. The Kier molecular flexibility index (Phi) is 10.9. The number of hydrogen-bond donors (Lipinski definition) is 4. The number of benzene rings is 1. The Bertz CT molecular complexity index is 1550. The summed E-state index contributed by atoms with van der Waals surface area (Å²) in [6, 6.07) is 11.2. The zero-order chi connectivity index (χ0) is 32.6. The molecule has 244 valence electrons. The van der Waals surface area contributed by atoms with Crippen molar-refractivity contribution in [1.29, 1.82) is 0 Å². The lowest BCUT2D eigenvalue weighted by atomic mass is 10.1. The molecule has 0 saturated carbocycles. The number of esters is 2. The summed E-state index contributed by atoms with van der Waals surface area (Å²) in [5, 5.41) is 9.32. The Labute approximate surface area is 271 Å². The highest BCUT2D eigenvalue weighted by Gasteiger charge is 2.46. The molecule has 4 amide bonds. The minimum Gasteiger partial charge on any atom is -0.466 e. The lowest BCUT2D eigenvalue weighted by Gasteiger charge is -2.30. The van der Waals surface area contributed by atoms with Gasteiger partial charge >= 0.3 is 24.0 Å². The summed E-state index contributed by atoms with van der Waals surface area (Å²) < 4.78 is 22.2. The molecule has 1 aromatic carbocycles. The van der Waals surface area contributed by atoms with Gasteiger partial charge in [0.15, 0.2) is 10.7 Å². The maximum Gasteiger partial charge on any atom is 0.345 e. The summed E-state index contributed by atoms with van der Waals surface area (Å²) in [6.45, 7) is 1.34. The third kappa shape index (κ3) is 7.48. The summed E-state index contributed by atoms with van der Waals surface area (Å²) in [4.78, 5) is 51.7. The second kappa shape index (κ2) is 15.2. The Morgan fingerprint density at radius 2 is 1.59 bits per heavy atom. The number of furan rings is 2. The topological polar surface area (TPSA) is 225 Å². The van der Waals surface area contributed by atoms with Gasteiger partial charge in [0.05, 0.1) is 23.7 Å². The van der Waals surface area contributed by atoms with Crippen molar-refractivity contribution in [2.45, 2.75) is 29.1 Å². The molecule has 0 spiro atoms. The number of nitrogens with one attached hydrogen (secondary N) is 1. The summed E-state index contributed by atoms with van der Waals surface area (Å²) in [5.41, 5.74) is 16.0. The number of hydrazine groups is 1. The van der Waals surface area contributed by atoms with Crippen LogP contribution >= 0.6 is 23.5 Å². The molecule has 1 saturated heterocycles. The molecule has 18 heteroatoms. The molecule has 3 atom stereocenters. The molecule has 0 bridgehead atoms. The van der Waals surface area contributed by atoms with Crippen LogP contribution in [0.4, 0.5) is 9.59 Å². The van der Waals surface area contributed by atoms with E-state index in [1.165, 1.54) is 46.8 Å². The van der Waals surface area contributed by atoms with Crippen LogP contribution in [0.5, 0.6) is 0 Å². The van der Waals surface area contributed by atoms with Gasteiger partial charge in [-0.3, -0.25) is 0 Å². The standard InChI is InChI=1S/C28H32N8O8S2/c29-10-4-12-32-26(40)35-21(19-8-2-14-41-19)45-27(33-35)43-23(37)17-6-1-7-18(16-17)24(38)44-28-34(13-5-11-30)36(25(31)39)22(46-28)20-9-3-15-42-20/h1-3,6-9,14-16,21-22,28H,4-5,10-13,29-30H2,(H2,31,39)(H,32,40). The van der Waals surface area contributed by atoms with Gasteiger partial charge in [0.1, 0.15) is 11.5 Å². The first-order valence-electron chi connectivity index (χ1n) is 14.1. The van der Waals surface area contributed by atoms with E-state index in [0.717, 1.165) is 28.5 Å². The Morgan fingerprint density at radius 1 is 0.913 bits per heavy atom. The zero-order valence-electron chi connectivity index (χ0n) is 24.4. The third-order valence-corrected chi connectivity index (χ3v) is 8.87. The van der Waals surface area contributed by atoms with Crippen molar-refractivity contribution < 1.29 is 37.5 Å². The van der Waals surface area contributed by atoms with Gasteiger partial charge in [-0.1, -0.05) is 17.8 Å². The number of thioether (sulfide) groups is 2. The maximum atomic E-state index is 13.3. The molecule has 5 rings (SSSR count). The van der Waals surface area contributed by atoms with E-state index in [2.05, 4.69) is 10.4 Å². The Hall–Kier alpha value is -4.49. The van der Waals surface area contributed by atoms with Crippen molar-refractivity contribution >= 4 is 52.8 Å². The van der Waals surface area contributed by atoms with E-state index in [1.54, 1.807) is 24.3 Å². The average Bonchev–Trinajstić information content (AvgIpc) is 3.87. The van der Waals surface area contributed by atoms with E-state index < -0.39 is 40.3 Å². The van der Waals surface area contributed by atoms with Gasteiger partial charge in [-0.05, 0) is 80.2 Å². The number of primary amides is 1. The van der Waals surface area contributed by atoms with Gasteiger partial charge in [0.2, 0.25) is 5.56 Å². The number of nitrogens with two attached hydrogens (primary N) is 3. The number of nitrogens with zero attached hydrogens (tertiary/aromatic N) is 4. The number of ether oxygens (including phenoxy) is 2. The molecule has 2 aliphatic heterocycles. The molecule has 2 aliphatic rings. The number of carbonyl (C=O) groups is 4. The third-order valence-electron chi connectivity index (χ3n) is 6.59. The molecule has 1 fully saturated rings. The van der Waals surface area contributed by atoms with E-state index in [-0.39, 0.29) is 22.9 Å². The van der Waals surface area contributed by atoms with Crippen LogP contribution in [-0.4, -0.2) is 76.0 Å². The fraction of sp³-hybridized carbons (Fsp3) is 0.321. The average molecular weight is 673 g/mol. The van der Waals surface area contributed by atoms with Crippen LogP contribution in [0.1, 0.15) is 55.8 Å². The van der Waals surface area contributed by atoms with E-state index in [1.807, 2.05) is 0 Å². The molecule has 46 heavy (non-hydrogen) atoms. The van der Waals surface area contributed by atoms with Crippen LogP contribution in [0.2, 0.25) is 0 Å². The number of rotatable bonds is 11. The molecule has 7 N–H and O–H groups in total. The van der Waals surface area contributed by atoms with Crippen LogP contribution in [-0.2, 0) is 9.47 Å². The van der Waals surface area contributed by atoms with Crippen molar-refractivity contribution in [3.8, 4) is 0 Å². The highest BCUT2D eigenvalue weighted by molar-refractivity contribution is 8.14. The quantitative estimate of drug-likeness (QED) is 0.170.